The molecule has 32 heavy (non-hydrogen) atoms. The lowest BCUT2D eigenvalue weighted by Gasteiger charge is -2.12. The summed E-state index contributed by atoms with van der Waals surface area (Å²) in [5.41, 5.74) is 3.55. The van der Waals surface area contributed by atoms with Crippen LogP contribution in [0.25, 0.3) is 0 Å². The normalized spacial score (nSPS) is 10.3. The minimum Gasteiger partial charge on any atom is -0.467 e. The van der Waals surface area contributed by atoms with E-state index in [-0.39, 0.29) is 12.5 Å². The maximum atomic E-state index is 12.4. The summed E-state index contributed by atoms with van der Waals surface area (Å²) >= 11 is 0. The van der Waals surface area contributed by atoms with Crippen LogP contribution in [0, 0.1) is 13.8 Å². The number of hydrogen-bond acceptors (Lipinski definition) is 6. The third kappa shape index (κ3) is 6.21. The highest BCUT2D eigenvalue weighted by Gasteiger charge is 2.15. The Bertz CT molecular complexity index is 1090. The number of rotatable bonds is 9. The molecule has 0 atom stereocenters. The van der Waals surface area contributed by atoms with Crippen molar-refractivity contribution in [1.82, 2.24) is 5.32 Å². The average Bonchev–Trinajstić information content (AvgIpc) is 3.31. The van der Waals surface area contributed by atoms with Crippen molar-refractivity contribution in [1.29, 1.82) is 0 Å². The molecule has 8 nitrogen and oxygen atoms in total. The van der Waals surface area contributed by atoms with E-state index in [0.29, 0.717) is 29.2 Å². The van der Waals surface area contributed by atoms with Crippen molar-refractivity contribution in [2.75, 3.05) is 23.8 Å². The summed E-state index contributed by atoms with van der Waals surface area (Å²) in [5.74, 6) is -0.879. The van der Waals surface area contributed by atoms with Gasteiger partial charge in [-0.3, -0.25) is 9.59 Å². The van der Waals surface area contributed by atoms with Crippen molar-refractivity contribution in [3.63, 3.8) is 0 Å². The summed E-state index contributed by atoms with van der Waals surface area (Å²) in [7, 11) is 0. The first-order valence-electron chi connectivity index (χ1n) is 10.1. The summed E-state index contributed by atoms with van der Waals surface area (Å²) in [4.78, 5) is 36.6. The number of aryl methyl sites for hydroxylation is 1. The van der Waals surface area contributed by atoms with Crippen LogP contribution in [0.5, 0.6) is 0 Å². The maximum absolute atomic E-state index is 12.4. The fourth-order valence-corrected chi connectivity index (χ4v) is 2.93. The van der Waals surface area contributed by atoms with E-state index in [2.05, 4.69) is 16.0 Å². The lowest BCUT2D eigenvalue weighted by Crippen LogP contribution is -2.35. The van der Waals surface area contributed by atoms with Crippen LogP contribution in [0.3, 0.4) is 0 Å². The Kier molecular flexibility index (Phi) is 7.64. The number of carbonyl (C=O) groups excluding carboxylic acids is 3. The van der Waals surface area contributed by atoms with Crippen molar-refractivity contribution in [2.24, 2.45) is 0 Å². The largest absolute Gasteiger partial charge is 0.467 e. The molecule has 2 aromatic carbocycles. The summed E-state index contributed by atoms with van der Waals surface area (Å²) < 4.78 is 10.4. The number of benzene rings is 2. The second kappa shape index (κ2) is 10.8. The Morgan fingerprint density at radius 3 is 2.47 bits per heavy atom. The number of amides is 2. The molecule has 3 N–H and O–H groups in total. The van der Waals surface area contributed by atoms with Crippen LogP contribution in [0.4, 0.5) is 11.4 Å². The molecule has 0 bridgehead atoms. The Labute approximate surface area is 186 Å². The number of ether oxygens (including phenoxy) is 1. The first-order valence-corrected chi connectivity index (χ1v) is 10.1. The summed E-state index contributed by atoms with van der Waals surface area (Å²) in [5, 5.41) is 8.31. The van der Waals surface area contributed by atoms with Crippen LogP contribution >= 0.6 is 0 Å². The van der Waals surface area contributed by atoms with Gasteiger partial charge >= 0.3 is 5.97 Å². The van der Waals surface area contributed by atoms with Gasteiger partial charge in [0.2, 0.25) is 5.91 Å². The van der Waals surface area contributed by atoms with Gasteiger partial charge in [0.05, 0.1) is 24.9 Å². The number of para-hydroxylation sites is 1. The van der Waals surface area contributed by atoms with Crippen LogP contribution in [-0.4, -0.2) is 30.9 Å². The van der Waals surface area contributed by atoms with Gasteiger partial charge in [0.1, 0.15) is 5.76 Å². The summed E-state index contributed by atoms with van der Waals surface area (Å²) in [6.45, 7) is 3.52. The van der Waals surface area contributed by atoms with Crippen LogP contribution in [0.15, 0.2) is 65.3 Å². The van der Waals surface area contributed by atoms with Gasteiger partial charge in [-0.1, -0.05) is 24.3 Å². The van der Waals surface area contributed by atoms with E-state index in [9.17, 15) is 14.4 Å². The molecule has 0 fully saturated rings. The molecule has 0 aliphatic rings. The lowest BCUT2D eigenvalue weighted by molar-refractivity contribution is -0.126. The summed E-state index contributed by atoms with van der Waals surface area (Å²) in [6.07, 6.45) is 1.57. The molecule has 1 heterocycles. The number of carbonyl (C=O) groups is 3. The van der Waals surface area contributed by atoms with E-state index in [0.717, 1.165) is 11.1 Å². The minimum atomic E-state index is -0.650. The van der Waals surface area contributed by atoms with Gasteiger partial charge in [0.25, 0.3) is 5.91 Å². The van der Waals surface area contributed by atoms with Gasteiger partial charge in [-0.25, -0.2) is 4.79 Å². The third-order valence-electron chi connectivity index (χ3n) is 4.84. The van der Waals surface area contributed by atoms with E-state index in [1.165, 1.54) is 0 Å². The van der Waals surface area contributed by atoms with Crippen molar-refractivity contribution in [3.05, 3.63) is 83.3 Å². The molecule has 0 spiro atoms. The number of nitrogens with one attached hydrogen (secondary N) is 3. The number of furan rings is 1. The SMILES string of the molecule is Cc1cccc(NC(=O)CNC(=O)COC(=O)c2ccccc2NCc2ccco2)c1C. The molecular formula is C24H25N3O5. The molecule has 0 aliphatic heterocycles. The molecule has 0 saturated heterocycles. The molecule has 2 amide bonds. The van der Waals surface area contributed by atoms with E-state index in [4.69, 9.17) is 9.15 Å². The monoisotopic (exact) mass is 435 g/mol. The van der Waals surface area contributed by atoms with Gasteiger partial charge < -0.3 is 25.1 Å². The average molecular weight is 435 g/mol. The predicted molar refractivity (Wildman–Crippen MR) is 120 cm³/mol. The van der Waals surface area contributed by atoms with E-state index in [1.807, 2.05) is 32.0 Å². The Hall–Kier alpha value is -4.07. The van der Waals surface area contributed by atoms with Crippen LogP contribution in [-0.2, 0) is 20.9 Å². The number of hydrogen-bond donors (Lipinski definition) is 3. The smallest absolute Gasteiger partial charge is 0.340 e. The third-order valence-corrected chi connectivity index (χ3v) is 4.84. The van der Waals surface area contributed by atoms with Gasteiger partial charge in [0.15, 0.2) is 6.61 Å². The second-order valence-electron chi connectivity index (χ2n) is 7.13. The quantitative estimate of drug-likeness (QED) is 0.444. The molecule has 0 unspecified atom stereocenters. The molecule has 0 saturated carbocycles. The standard InChI is InChI=1S/C24H25N3O5/c1-16-7-5-11-20(17(16)2)27-22(28)14-26-23(29)15-32-24(30)19-9-3-4-10-21(19)25-13-18-8-6-12-31-18/h3-12,25H,13-15H2,1-2H3,(H,26,29)(H,27,28). The molecule has 166 valence electrons. The highest BCUT2D eigenvalue weighted by atomic mass is 16.5. The minimum absolute atomic E-state index is 0.231. The van der Waals surface area contributed by atoms with E-state index < -0.39 is 18.5 Å². The molecule has 8 heteroatoms. The molecule has 1 aromatic heterocycles. The molecule has 0 radical (unpaired) electrons. The zero-order valence-corrected chi connectivity index (χ0v) is 17.9. The van der Waals surface area contributed by atoms with Crippen LogP contribution in [0.1, 0.15) is 27.2 Å². The zero-order chi connectivity index (χ0) is 22.9. The fraction of sp³-hybridized carbons (Fsp3) is 0.208. The maximum Gasteiger partial charge on any atom is 0.340 e. The van der Waals surface area contributed by atoms with Crippen LogP contribution < -0.4 is 16.0 Å². The fourth-order valence-electron chi connectivity index (χ4n) is 2.93. The second-order valence-corrected chi connectivity index (χ2v) is 7.13. The topological polar surface area (TPSA) is 110 Å². The molecule has 3 aromatic rings. The lowest BCUT2D eigenvalue weighted by atomic mass is 10.1. The molecular weight excluding hydrogens is 410 g/mol. The van der Waals surface area contributed by atoms with Gasteiger partial charge in [0, 0.05) is 11.4 Å². The summed E-state index contributed by atoms with van der Waals surface area (Å²) in [6, 6.07) is 16.0. The van der Waals surface area contributed by atoms with Gasteiger partial charge in [-0.2, -0.15) is 0 Å². The van der Waals surface area contributed by atoms with Crippen molar-refractivity contribution < 1.29 is 23.5 Å². The predicted octanol–water partition coefficient (Wildman–Crippen LogP) is 3.42. The Morgan fingerprint density at radius 2 is 1.69 bits per heavy atom. The van der Waals surface area contributed by atoms with Crippen molar-refractivity contribution in [3.8, 4) is 0 Å². The first-order chi connectivity index (χ1) is 15.4. The highest BCUT2D eigenvalue weighted by molar-refractivity contribution is 5.98. The van der Waals surface area contributed by atoms with Crippen LogP contribution in [0.2, 0.25) is 0 Å². The molecule has 0 aliphatic carbocycles. The first kappa shape index (κ1) is 22.6. The number of anilines is 2. The molecule has 3 rings (SSSR count). The van der Waals surface area contributed by atoms with Crippen molar-refractivity contribution >= 4 is 29.2 Å². The zero-order valence-electron chi connectivity index (χ0n) is 17.9. The van der Waals surface area contributed by atoms with Crippen molar-refractivity contribution in [2.45, 2.75) is 20.4 Å². The Balaban J connectivity index is 1.46. The van der Waals surface area contributed by atoms with E-state index >= 15 is 0 Å². The Morgan fingerprint density at radius 1 is 0.906 bits per heavy atom. The van der Waals surface area contributed by atoms with Gasteiger partial charge in [-0.05, 0) is 55.3 Å². The van der Waals surface area contributed by atoms with E-state index in [1.54, 1.807) is 42.7 Å². The highest BCUT2D eigenvalue weighted by Crippen LogP contribution is 2.18. The number of esters is 1. The van der Waals surface area contributed by atoms with Gasteiger partial charge in [-0.15, -0.1) is 0 Å².